The Morgan fingerprint density at radius 1 is 0.481 bits per heavy atom. The Hall–Kier alpha value is -7.88. The minimum absolute atomic E-state index is 0.0226. The maximum absolute atomic E-state index is 13.8. The van der Waals surface area contributed by atoms with Crippen LogP contribution < -0.4 is 65.1 Å². The summed E-state index contributed by atoms with van der Waals surface area (Å²) in [6, 6.07) is 4.20. The second kappa shape index (κ2) is 33.9. The summed E-state index contributed by atoms with van der Waals surface area (Å²) < 4.78 is 31.7. The van der Waals surface area contributed by atoms with Gasteiger partial charge in [-0.1, -0.05) is 37.3 Å². The molecule has 2 rings (SSSR count). The van der Waals surface area contributed by atoms with E-state index in [0.29, 0.717) is 50.0 Å². The average molecular weight is 1100 g/mol. The number of carbonyl (C=O) groups is 11. The summed E-state index contributed by atoms with van der Waals surface area (Å²) in [6.45, 7) is 9.15. The lowest BCUT2D eigenvalue weighted by atomic mass is 10.0. The van der Waals surface area contributed by atoms with Crippen molar-refractivity contribution in [3.05, 3.63) is 65.7 Å². The molecule has 0 saturated heterocycles. The number of hydrogen-bond acceptors (Lipinski definition) is 14. The highest BCUT2D eigenvalue weighted by molar-refractivity contribution is 6.00. The van der Waals surface area contributed by atoms with Crippen molar-refractivity contribution in [1.29, 1.82) is 0 Å². The number of unbranched alkanes of at least 4 members (excludes halogenated alkanes) is 2. The van der Waals surface area contributed by atoms with E-state index in [1.54, 1.807) is 49.4 Å². The molecular weight excluding hydrogens is 1020 g/mol. The largest absolute Gasteiger partial charge is 0.490 e. The quantitative estimate of drug-likeness (QED) is 0.0329. The first-order valence-corrected chi connectivity index (χ1v) is 24.6. The van der Waals surface area contributed by atoms with Crippen LogP contribution in [-0.2, 0) is 54.4 Å². The highest BCUT2D eigenvalue weighted by Gasteiger charge is 2.38. The number of nitrogens with two attached hydrogens (primary N) is 3. The molecule has 0 aromatic heterocycles. The van der Waals surface area contributed by atoms with E-state index < -0.39 is 126 Å². The molecule has 2 aromatic carbocycles. The van der Waals surface area contributed by atoms with Gasteiger partial charge in [0.05, 0.1) is 0 Å². The van der Waals surface area contributed by atoms with Gasteiger partial charge < -0.3 is 75.3 Å². The molecule has 2 aromatic rings. The molecular formula is C49H73F3N12O13. The number of hydrogen-bond donors (Lipinski definition) is 14. The Bertz CT molecular complexity index is 2310. The third-order valence-corrected chi connectivity index (χ3v) is 11.3. The van der Waals surface area contributed by atoms with Crippen molar-refractivity contribution in [3.8, 4) is 0 Å². The Kier molecular flexibility index (Phi) is 29.6. The van der Waals surface area contributed by atoms with Crippen molar-refractivity contribution in [2.75, 3.05) is 18.8 Å². The molecule has 0 radical (unpaired) electrons. The van der Waals surface area contributed by atoms with E-state index in [2.05, 4.69) is 47.9 Å². The van der Waals surface area contributed by atoms with Crippen molar-refractivity contribution in [1.82, 2.24) is 47.9 Å². The number of halogens is 3. The van der Waals surface area contributed by atoms with Gasteiger partial charge in [-0.2, -0.15) is 13.2 Å². The number of aliphatic carboxylic acids is 2. The molecule has 28 heteroatoms. The van der Waals surface area contributed by atoms with E-state index >= 15 is 0 Å². The van der Waals surface area contributed by atoms with Gasteiger partial charge in [0.15, 0.2) is 0 Å². The Morgan fingerprint density at radius 2 is 0.831 bits per heavy atom. The number of carboxylic acid groups (broad SMARTS) is 2. The van der Waals surface area contributed by atoms with Gasteiger partial charge in [0.25, 0.3) is 5.91 Å². The smallest absolute Gasteiger partial charge is 0.480 e. The fourth-order valence-electron chi connectivity index (χ4n) is 6.64. The molecule has 0 unspecified atom stereocenters. The summed E-state index contributed by atoms with van der Waals surface area (Å²) in [5, 5.41) is 39.4. The molecule has 9 atom stereocenters. The molecule has 0 spiro atoms. The fourth-order valence-corrected chi connectivity index (χ4v) is 6.64. The number of rotatable bonds is 30. The number of benzene rings is 2. The van der Waals surface area contributed by atoms with Crippen LogP contribution in [0.25, 0.3) is 0 Å². The molecule has 0 saturated carbocycles. The molecule has 9 amide bonds. The minimum Gasteiger partial charge on any atom is -0.480 e. The molecule has 0 aliphatic rings. The lowest BCUT2D eigenvalue weighted by Crippen LogP contribution is -2.59. The molecule has 0 aliphatic carbocycles. The van der Waals surface area contributed by atoms with Gasteiger partial charge in [-0.3, -0.25) is 43.2 Å². The number of carboxylic acids is 2. The van der Waals surface area contributed by atoms with E-state index in [0.717, 1.165) is 0 Å². The Labute approximate surface area is 443 Å². The monoisotopic (exact) mass is 1090 g/mol. The Morgan fingerprint density at radius 3 is 1.22 bits per heavy atom. The highest BCUT2D eigenvalue weighted by atomic mass is 19.4. The predicted octanol–water partition coefficient (Wildman–Crippen LogP) is -1.03. The van der Waals surface area contributed by atoms with Crippen molar-refractivity contribution in [3.63, 3.8) is 0 Å². The zero-order chi connectivity index (χ0) is 58.6. The Balaban J connectivity index is 0.00000394. The minimum atomic E-state index is -5.08. The van der Waals surface area contributed by atoms with E-state index in [-0.39, 0.29) is 31.2 Å². The predicted molar refractivity (Wildman–Crippen MR) is 273 cm³/mol. The number of nitrogens with one attached hydrogen (secondary N) is 9. The zero-order valence-corrected chi connectivity index (χ0v) is 43.7. The number of nitrogen functional groups attached to an aromatic ring is 1. The molecule has 25 nitrogen and oxygen atoms in total. The van der Waals surface area contributed by atoms with E-state index in [4.69, 9.17) is 27.1 Å². The van der Waals surface area contributed by atoms with Gasteiger partial charge in [-0.05, 0) is 122 Å². The third kappa shape index (κ3) is 25.5. The maximum Gasteiger partial charge on any atom is 0.490 e. The van der Waals surface area contributed by atoms with Crippen LogP contribution in [0.4, 0.5) is 18.9 Å². The van der Waals surface area contributed by atoms with Crippen molar-refractivity contribution in [2.45, 2.75) is 153 Å². The normalized spacial score (nSPS) is 14.4. The molecule has 17 N–H and O–H groups in total. The lowest BCUT2D eigenvalue weighted by molar-refractivity contribution is -0.192. The molecule has 77 heavy (non-hydrogen) atoms. The first-order chi connectivity index (χ1) is 36.1. The van der Waals surface area contributed by atoms with Gasteiger partial charge in [-0.15, -0.1) is 0 Å². The van der Waals surface area contributed by atoms with Crippen LogP contribution in [0, 0.1) is 0 Å². The molecule has 0 fully saturated rings. The summed E-state index contributed by atoms with van der Waals surface area (Å²) in [7, 11) is 0. The first-order valence-electron chi connectivity index (χ1n) is 24.6. The van der Waals surface area contributed by atoms with Crippen LogP contribution >= 0.6 is 0 Å². The van der Waals surface area contributed by atoms with Crippen LogP contribution in [-0.4, -0.2) is 149 Å². The summed E-state index contributed by atoms with van der Waals surface area (Å²) in [4.78, 5) is 139. The SMILES string of the molecule is CC[C@H](NC(=O)[C@H](C)NC(=O)[C@H](CCCCN)NC(=O)c1ccc(N)cc1)C(=O)N[C@@H](Cc1ccccc1)C(=O)N[C@@H](C)C(=O)N[C@@H](C)C(=O)N[C@@H](C)C(=O)N[C@@H](C)C(=O)N[C@@H](CCCCN)C(=O)O.O=C(O)C(F)(F)F. The van der Waals surface area contributed by atoms with E-state index in [9.17, 15) is 66.2 Å². The van der Waals surface area contributed by atoms with Crippen LogP contribution in [0.2, 0.25) is 0 Å². The van der Waals surface area contributed by atoms with Gasteiger partial charge >= 0.3 is 18.1 Å². The van der Waals surface area contributed by atoms with Crippen LogP contribution in [0.15, 0.2) is 54.6 Å². The molecule has 428 valence electrons. The van der Waals surface area contributed by atoms with Crippen molar-refractivity contribution < 1.29 is 76.1 Å². The summed E-state index contributed by atoms with van der Waals surface area (Å²) in [6.07, 6.45) is -2.52. The van der Waals surface area contributed by atoms with Gasteiger partial charge in [0.1, 0.15) is 54.4 Å². The van der Waals surface area contributed by atoms with Gasteiger partial charge in [-0.25, -0.2) is 9.59 Å². The third-order valence-electron chi connectivity index (χ3n) is 11.3. The lowest BCUT2D eigenvalue weighted by Gasteiger charge is -2.26. The zero-order valence-electron chi connectivity index (χ0n) is 43.7. The summed E-state index contributed by atoms with van der Waals surface area (Å²) >= 11 is 0. The van der Waals surface area contributed by atoms with Crippen molar-refractivity contribution in [2.24, 2.45) is 11.5 Å². The number of anilines is 1. The van der Waals surface area contributed by atoms with Gasteiger partial charge in [0.2, 0.25) is 47.3 Å². The first kappa shape index (κ1) is 67.1. The van der Waals surface area contributed by atoms with Crippen molar-refractivity contribution >= 4 is 70.8 Å². The van der Waals surface area contributed by atoms with Gasteiger partial charge in [0, 0.05) is 17.7 Å². The highest BCUT2D eigenvalue weighted by Crippen LogP contribution is 2.13. The number of amides is 9. The van der Waals surface area contributed by atoms with Crippen LogP contribution in [0.5, 0.6) is 0 Å². The topological polar surface area (TPSA) is 415 Å². The van der Waals surface area contributed by atoms with Crippen LogP contribution in [0.3, 0.4) is 0 Å². The summed E-state index contributed by atoms with van der Waals surface area (Å²) in [5.74, 6) is -10.5. The van der Waals surface area contributed by atoms with E-state index in [1.165, 1.54) is 46.8 Å². The van der Waals surface area contributed by atoms with Crippen LogP contribution in [0.1, 0.15) is 102 Å². The molecule has 0 heterocycles. The average Bonchev–Trinajstić information content (AvgIpc) is 3.36. The standard InChI is InChI=1S/C47H72N12O11.C2HF3O2/c1-7-34(56-41(63)30(6)54-45(67)35(17-11-13-23-48)57-43(65)32-19-21-33(50)22-20-32)44(66)59-37(25-31-15-9-8-10-16-31)46(68)55-28(4)40(62)52-26(2)38(60)51-27(3)39(61)53-29(5)42(64)58-36(47(69)70)18-12-14-24-49;3-2(4,5)1(6)7/h8-10,15-16,19-22,26-30,34-37H,7,11-14,17-18,23-25,48-50H2,1-6H3,(H,51,60)(H,52,62)(H,53,61)(H,54,67)(H,55,68)(H,56,63)(H,57,65)(H,58,64)(H,59,66)(H,69,70);(H,6,7)/t26-,27-,28-,29-,30-,34-,35-,36-,37-;/m0./s1. The number of carbonyl (C=O) groups excluding carboxylic acids is 9. The maximum atomic E-state index is 13.8. The molecule has 0 aliphatic heterocycles. The second-order valence-corrected chi connectivity index (χ2v) is 17.8. The summed E-state index contributed by atoms with van der Waals surface area (Å²) in [5.41, 5.74) is 18.2. The second-order valence-electron chi connectivity index (χ2n) is 17.8. The van der Waals surface area contributed by atoms with E-state index in [1.807, 2.05) is 0 Å². The number of alkyl halides is 3. The molecule has 0 bridgehead atoms. The fraction of sp³-hybridized carbons (Fsp3) is 0.531.